The van der Waals surface area contributed by atoms with E-state index in [1.54, 1.807) is 30.3 Å². The highest BCUT2D eigenvalue weighted by Crippen LogP contribution is 2.34. The molecule has 35 heavy (non-hydrogen) atoms. The maximum absolute atomic E-state index is 12.8. The van der Waals surface area contributed by atoms with Crippen LogP contribution in [0.25, 0.3) is 22.6 Å². The molecule has 4 aromatic carbocycles. The lowest BCUT2D eigenvalue weighted by Gasteiger charge is -2.10. The molecule has 0 aliphatic carbocycles. The first-order chi connectivity index (χ1) is 17.0. The second-order valence-electron chi connectivity index (χ2n) is 8.44. The van der Waals surface area contributed by atoms with Gasteiger partial charge < -0.3 is 19.6 Å². The number of aryl methyl sites for hydroxylation is 2. The van der Waals surface area contributed by atoms with Crippen LogP contribution in [0.5, 0.6) is 11.5 Å². The van der Waals surface area contributed by atoms with Crippen molar-refractivity contribution in [3.63, 3.8) is 0 Å². The molecule has 0 saturated carbocycles. The first kappa shape index (κ1) is 22.2. The lowest BCUT2D eigenvalue weighted by atomic mass is 10.1. The smallest absolute Gasteiger partial charge is 0.255 e. The minimum atomic E-state index is -0.310. The van der Waals surface area contributed by atoms with Crippen LogP contribution in [0.1, 0.15) is 27.0 Å². The van der Waals surface area contributed by atoms with Crippen molar-refractivity contribution in [1.82, 2.24) is 4.98 Å². The highest BCUT2D eigenvalue weighted by molar-refractivity contribution is 6.04. The Bertz CT molecular complexity index is 1520. The van der Waals surface area contributed by atoms with E-state index >= 15 is 0 Å². The van der Waals surface area contributed by atoms with Crippen molar-refractivity contribution in [3.8, 4) is 23.0 Å². The van der Waals surface area contributed by atoms with E-state index in [-0.39, 0.29) is 11.7 Å². The number of amides is 1. The number of rotatable bonds is 6. The summed E-state index contributed by atoms with van der Waals surface area (Å²) in [6.07, 6.45) is 0. The first-order valence-electron chi connectivity index (χ1n) is 11.3. The van der Waals surface area contributed by atoms with Crippen molar-refractivity contribution in [1.29, 1.82) is 0 Å². The molecule has 5 aromatic rings. The van der Waals surface area contributed by atoms with E-state index in [4.69, 9.17) is 9.15 Å². The standard InChI is InChI=1S/C29H24N2O4/c1-18-13-19(2)27-25(14-18)31-29(35-27)24-12-11-22(16-26(24)32)30-28(33)21-9-6-10-23(15-21)34-17-20-7-4-3-5-8-20/h3-16,32H,17H2,1-2H3,(H,30,33). The molecule has 0 spiro atoms. The Balaban J connectivity index is 1.31. The molecule has 174 valence electrons. The zero-order valence-corrected chi connectivity index (χ0v) is 19.4. The number of benzene rings is 4. The molecule has 0 aliphatic rings. The third-order valence-electron chi connectivity index (χ3n) is 5.65. The van der Waals surface area contributed by atoms with Crippen LogP contribution in [-0.2, 0) is 6.61 Å². The first-order valence-corrected chi connectivity index (χ1v) is 11.3. The Hall–Kier alpha value is -4.58. The average molecular weight is 465 g/mol. The molecular weight excluding hydrogens is 440 g/mol. The number of fused-ring (bicyclic) bond motifs is 1. The molecule has 1 aromatic heterocycles. The number of oxazole rings is 1. The molecule has 0 aliphatic heterocycles. The molecule has 0 atom stereocenters. The fourth-order valence-electron chi connectivity index (χ4n) is 3.95. The van der Waals surface area contributed by atoms with Gasteiger partial charge in [0.15, 0.2) is 5.58 Å². The summed E-state index contributed by atoms with van der Waals surface area (Å²) < 4.78 is 11.7. The van der Waals surface area contributed by atoms with E-state index < -0.39 is 0 Å². The predicted octanol–water partition coefficient (Wildman–Crippen LogP) is 6.65. The van der Waals surface area contributed by atoms with Gasteiger partial charge in [0.25, 0.3) is 5.91 Å². The summed E-state index contributed by atoms with van der Waals surface area (Å²) in [6, 6.07) is 25.6. The van der Waals surface area contributed by atoms with Gasteiger partial charge in [-0.1, -0.05) is 42.5 Å². The van der Waals surface area contributed by atoms with Crippen LogP contribution in [-0.4, -0.2) is 16.0 Å². The van der Waals surface area contributed by atoms with E-state index in [1.165, 1.54) is 6.07 Å². The van der Waals surface area contributed by atoms with E-state index in [2.05, 4.69) is 10.3 Å². The topological polar surface area (TPSA) is 84.6 Å². The third-order valence-corrected chi connectivity index (χ3v) is 5.65. The van der Waals surface area contributed by atoms with Crippen LogP contribution in [0, 0.1) is 13.8 Å². The molecule has 1 amide bonds. The van der Waals surface area contributed by atoms with Gasteiger partial charge in [-0.3, -0.25) is 4.79 Å². The van der Waals surface area contributed by atoms with E-state index in [0.29, 0.717) is 40.6 Å². The Kier molecular flexibility index (Phi) is 5.94. The van der Waals surface area contributed by atoms with Gasteiger partial charge >= 0.3 is 0 Å². The summed E-state index contributed by atoms with van der Waals surface area (Å²) in [7, 11) is 0. The zero-order valence-electron chi connectivity index (χ0n) is 19.4. The van der Waals surface area contributed by atoms with Crippen molar-refractivity contribution in [2.24, 2.45) is 0 Å². The molecular formula is C29H24N2O4. The van der Waals surface area contributed by atoms with Gasteiger partial charge in [-0.25, -0.2) is 4.98 Å². The number of aromatic hydroxyl groups is 1. The largest absolute Gasteiger partial charge is 0.507 e. The lowest BCUT2D eigenvalue weighted by molar-refractivity contribution is 0.102. The summed E-state index contributed by atoms with van der Waals surface area (Å²) in [5.74, 6) is 0.576. The highest BCUT2D eigenvalue weighted by Gasteiger charge is 2.15. The van der Waals surface area contributed by atoms with Crippen LogP contribution in [0.3, 0.4) is 0 Å². The summed E-state index contributed by atoms with van der Waals surface area (Å²) in [5, 5.41) is 13.4. The van der Waals surface area contributed by atoms with Crippen LogP contribution >= 0.6 is 0 Å². The molecule has 2 N–H and O–H groups in total. The van der Waals surface area contributed by atoms with E-state index in [9.17, 15) is 9.90 Å². The summed E-state index contributed by atoms with van der Waals surface area (Å²) >= 11 is 0. The number of carbonyl (C=O) groups is 1. The summed E-state index contributed by atoms with van der Waals surface area (Å²) in [5.41, 5.74) is 5.90. The number of hydrogen-bond acceptors (Lipinski definition) is 5. The van der Waals surface area contributed by atoms with Gasteiger partial charge in [0, 0.05) is 17.3 Å². The van der Waals surface area contributed by atoms with Crippen molar-refractivity contribution >= 4 is 22.7 Å². The normalized spacial score (nSPS) is 10.9. The van der Waals surface area contributed by atoms with Crippen molar-refractivity contribution in [2.75, 3.05) is 5.32 Å². The summed E-state index contributed by atoms with van der Waals surface area (Å²) in [6.45, 7) is 4.38. The molecule has 0 radical (unpaired) electrons. The molecule has 1 heterocycles. The lowest BCUT2D eigenvalue weighted by Crippen LogP contribution is -2.12. The van der Waals surface area contributed by atoms with E-state index in [0.717, 1.165) is 22.2 Å². The second kappa shape index (κ2) is 9.35. The molecule has 0 saturated heterocycles. The number of phenolic OH excluding ortho intramolecular Hbond substituents is 1. The van der Waals surface area contributed by atoms with Gasteiger partial charge in [-0.15, -0.1) is 0 Å². The van der Waals surface area contributed by atoms with Crippen LogP contribution in [0.2, 0.25) is 0 Å². The van der Waals surface area contributed by atoms with Crippen LogP contribution in [0.4, 0.5) is 5.69 Å². The number of aromatic nitrogens is 1. The SMILES string of the molecule is Cc1cc(C)c2oc(-c3ccc(NC(=O)c4cccc(OCc5ccccc5)c4)cc3O)nc2c1. The number of carbonyl (C=O) groups excluding carboxylic acids is 1. The van der Waals surface area contributed by atoms with Gasteiger partial charge in [0.2, 0.25) is 5.89 Å². The quantitative estimate of drug-likeness (QED) is 0.294. The van der Waals surface area contributed by atoms with Crippen molar-refractivity contribution in [3.05, 3.63) is 107 Å². The number of ether oxygens (including phenoxy) is 1. The average Bonchev–Trinajstić information content (AvgIpc) is 3.28. The maximum Gasteiger partial charge on any atom is 0.255 e. The summed E-state index contributed by atoms with van der Waals surface area (Å²) in [4.78, 5) is 17.3. The van der Waals surface area contributed by atoms with E-state index in [1.807, 2.05) is 62.4 Å². The zero-order chi connectivity index (χ0) is 24.4. The minimum Gasteiger partial charge on any atom is -0.507 e. The Morgan fingerprint density at radius 2 is 1.80 bits per heavy atom. The predicted molar refractivity (Wildman–Crippen MR) is 136 cm³/mol. The number of nitrogens with zero attached hydrogens (tertiary/aromatic N) is 1. The Morgan fingerprint density at radius 3 is 2.60 bits per heavy atom. The number of hydrogen-bond donors (Lipinski definition) is 2. The van der Waals surface area contributed by atoms with Crippen molar-refractivity contribution in [2.45, 2.75) is 20.5 Å². The van der Waals surface area contributed by atoms with Crippen LogP contribution < -0.4 is 10.1 Å². The van der Waals surface area contributed by atoms with Gasteiger partial charge in [0.1, 0.15) is 23.6 Å². The number of anilines is 1. The molecule has 6 heteroatoms. The molecule has 0 bridgehead atoms. The van der Waals surface area contributed by atoms with Gasteiger partial charge in [-0.2, -0.15) is 0 Å². The Morgan fingerprint density at radius 1 is 0.971 bits per heavy atom. The Labute approximate surface area is 202 Å². The molecule has 6 nitrogen and oxygen atoms in total. The fourth-order valence-corrected chi connectivity index (χ4v) is 3.95. The third kappa shape index (κ3) is 4.87. The minimum absolute atomic E-state index is 0.0383. The van der Waals surface area contributed by atoms with Gasteiger partial charge in [-0.05, 0) is 66.9 Å². The van der Waals surface area contributed by atoms with Gasteiger partial charge in [0.05, 0.1) is 5.56 Å². The highest BCUT2D eigenvalue weighted by atomic mass is 16.5. The monoisotopic (exact) mass is 464 g/mol. The molecule has 0 fully saturated rings. The number of nitrogens with one attached hydrogen (secondary N) is 1. The number of phenols is 1. The fraction of sp³-hybridized carbons (Fsp3) is 0.103. The van der Waals surface area contributed by atoms with Crippen LogP contribution in [0.15, 0.2) is 89.3 Å². The maximum atomic E-state index is 12.8. The molecule has 5 rings (SSSR count). The second-order valence-corrected chi connectivity index (χ2v) is 8.44. The van der Waals surface area contributed by atoms with Crippen molar-refractivity contribution < 1.29 is 19.1 Å². The molecule has 0 unspecified atom stereocenters.